The molecule has 0 aliphatic heterocycles. The first-order valence-electron chi connectivity index (χ1n) is 8.33. The van der Waals surface area contributed by atoms with Gasteiger partial charge in [0.1, 0.15) is 5.82 Å². The smallest absolute Gasteiger partial charge is 0.321 e. The van der Waals surface area contributed by atoms with Gasteiger partial charge in [0, 0.05) is 17.5 Å². The molecule has 1 atom stereocenters. The van der Waals surface area contributed by atoms with Crippen molar-refractivity contribution in [2.75, 3.05) is 0 Å². The molecule has 3 amide bonds. The van der Waals surface area contributed by atoms with Crippen LogP contribution in [-0.2, 0) is 4.79 Å². The monoisotopic (exact) mass is 353 g/mol. The normalized spacial score (nSPS) is 16.1. The second-order valence-corrected chi connectivity index (χ2v) is 8.86. The highest BCUT2D eigenvalue weighted by atomic mass is 32.2. The van der Waals surface area contributed by atoms with Crippen LogP contribution in [0.5, 0.6) is 0 Å². The van der Waals surface area contributed by atoms with E-state index in [2.05, 4.69) is 39.2 Å². The van der Waals surface area contributed by atoms with Gasteiger partial charge in [-0.3, -0.25) is 10.1 Å². The Hall–Kier alpha value is -1.57. The summed E-state index contributed by atoms with van der Waals surface area (Å²) in [7, 11) is 0. The Morgan fingerprint density at radius 3 is 2.33 bits per heavy atom. The van der Waals surface area contributed by atoms with E-state index in [4.69, 9.17) is 0 Å². The summed E-state index contributed by atoms with van der Waals surface area (Å²) in [5, 5.41) is 13.9. The zero-order valence-corrected chi connectivity index (χ0v) is 16.0. The zero-order valence-electron chi connectivity index (χ0n) is 15.2. The molecule has 1 aromatic rings. The van der Waals surface area contributed by atoms with E-state index in [-0.39, 0.29) is 17.4 Å². The van der Waals surface area contributed by atoms with Crippen LogP contribution in [-0.4, -0.2) is 37.5 Å². The first-order chi connectivity index (χ1) is 11.1. The summed E-state index contributed by atoms with van der Waals surface area (Å²) >= 11 is 1.34. The molecule has 0 spiro atoms. The Labute approximate surface area is 147 Å². The van der Waals surface area contributed by atoms with Crippen LogP contribution in [0.1, 0.15) is 72.2 Å². The number of nitrogens with one attached hydrogen (secondary N) is 2. The topological polar surface area (TPSA) is 88.9 Å². The second kappa shape index (κ2) is 7.13. The van der Waals surface area contributed by atoms with E-state index in [0.717, 1.165) is 23.8 Å². The minimum absolute atomic E-state index is 0.286. The number of imide groups is 1. The summed E-state index contributed by atoms with van der Waals surface area (Å²) in [5.74, 6) is 0.908. The van der Waals surface area contributed by atoms with Crippen LogP contribution in [0.4, 0.5) is 4.79 Å². The highest BCUT2D eigenvalue weighted by molar-refractivity contribution is 8.00. The molecule has 0 saturated heterocycles. The number of rotatable bonds is 5. The van der Waals surface area contributed by atoms with Crippen LogP contribution in [0.3, 0.4) is 0 Å². The molecule has 24 heavy (non-hydrogen) atoms. The Kier molecular flexibility index (Phi) is 5.57. The molecule has 1 saturated carbocycles. The van der Waals surface area contributed by atoms with Crippen LogP contribution in [0.2, 0.25) is 0 Å². The van der Waals surface area contributed by atoms with Crippen molar-refractivity contribution in [1.29, 1.82) is 0 Å². The Balaban J connectivity index is 2.00. The first-order valence-corrected chi connectivity index (χ1v) is 9.21. The summed E-state index contributed by atoms with van der Waals surface area (Å²) in [6, 6.07) is -0.0363. The van der Waals surface area contributed by atoms with Crippen molar-refractivity contribution in [3.05, 3.63) is 5.82 Å². The fourth-order valence-electron chi connectivity index (χ4n) is 2.24. The van der Waals surface area contributed by atoms with Gasteiger partial charge in [-0.15, -0.1) is 10.2 Å². The largest absolute Gasteiger partial charge is 0.333 e. The Morgan fingerprint density at radius 2 is 1.83 bits per heavy atom. The van der Waals surface area contributed by atoms with Crippen molar-refractivity contribution in [2.45, 2.75) is 82.3 Å². The van der Waals surface area contributed by atoms with E-state index < -0.39 is 11.3 Å². The average Bonchev–Trinajstić information content (AvgIpc) is 3.17. The fraction of sp³-hybridized carbons (Fsp3) is 0.750. The highest BCUT2D eigenvalue weighted by Gasteiger charge is 2.32. The van der Waals surface area contributed by atoms with Crippen LogP contribution in [0.25, 0.3) is 0 Å². The number of hydrogen-bond donors (Lipinski definition) is 2. The van der Waals surface area contributed by atoms with Crippen molar-refractivity contribution < 1.29 is 9.59 Å². The minimum Gasteiger partial charge on any atom is -0.333 e. The van der Waals surface area contributed by atoms with E-state index in [1.54, 1.807) is 6.92 Å². The highest BCUT2D eigenvalue weighted by Crippen LogP contribution is 2.40. The van der Waals surface area contributed by atoms with E-state index in [1.165, 1.54) is 11.8 Å². The van der Waals surface area contributed by atoms with Crippen molar-refractivity contribution >= 4 is 23.7 Å². The van der Waals surface area contributed by atoms with Gasteiger partial charge < -0.3 is 9.88 Å². The van der Waals surface area contributed by atoms with Gasteiger partial charge in [0.25, 0.3) is 0 Å². The number of carbonyl (C=O) groups is 2. The zero-order chi connectivity index (χ0) is 18.1. The molecule has 0 bridgehead atoms. The minimum atomic E-state index is -0.480. The number of aromatic nitrogens is 3. The Bertz CT molecular complexity index is 616. The molecule has 134 valence electrons. The molecule has 0 aromatic carbocycles. The van der Waals surface area contributed by atoms with Crippen LogP contribution >= 0.6 is 11.8 Å². The second-order valence-electron chi connectivity index (χ2n) is 7.55. The molecular weight excluding hydrogens is 326 g/mol. The van der Waals surface area contributed by atoms with E-state index in [9.17, 15) is 9.59 Å². The number of thioether (sulfide) groups is 1. The molecule has 1 aliphatic rings. The summed E-state index contributed by atoms with van der Waals surface area (Å²) in [6.07, 6.45) is 2.25. The van der Waals surface area contributed by atoms with Gasteiger partial charge in [-0.2, -0.15) is 0 Å². The molecule has 1 heterocycles. The van der Waals surface area contributed by atoms with Gasteiger partial charge in [-0.25, -0.2) is 4.79 Å². The predicted molar refractivity (Wildman–Crippen MR) is 94.1 cm³/mol. The molecule has 1 unspecified atom stereocenters. The van der Waals surface area contributed by atoms with Gasteiger partial charge in [0.05, 0.1) is 5.25 Å². The van der Waals surface area contributed by atoms with E-state index >= 15 is 0 Å². The molecule has 1 aromatic heterocycles. The molecular formula is C16H27N5O2S. The summed E-state index contributed by atoms with van der Waals surface area (Å²) in [6.45, 7) is 11.5. The molecule has 2 N–H and O–H groups in total. The SMILES string of the molecule is CC(Sc1nnc(C(C)C)n1C1CC1)C(=O)NC(=O)NC(C)(C)C. The Morgan fingerprint density at radius 1 is 1.21 bits per heavy atom. The van der Waals surface area contributed by atoms with Gasteiger partial charge in [0.15, 0.2) is 5.16 Å². The van der Waals surface area contributed by atoms with Crippen molar-refractivity contribution in [3.63, 3.8) is 0 Å². The third-order valence-electron chi connectivity index (χ3n) is 3.50. The maximum atomic E-state index is 12.2. The van der Waals surface area contributed by atoms with Crippen LogP contribution in [0.15, 0.2) is 5.16 Å². The number of nitrogens with zero attached hydrogens (tertiary/aromatic N) is 3. The number of carbonyl (C=O) groups excluding carboxylic acids is 2. The number of hydrogen-bond acceptors (Lipinski definition) is 5. The van der Waals surface area contributed by atoms with E-state index in [1.807, 2.05) is 20.8 Å². The third kappa shape index (κ3) is 4.96. The molecule has 2 rings (SSSR count). The maximum absolute atomic E-state index is 12.2. The molecule has 0 radical (unpaired) electrons. The molecule has 1 fully saturated rings. The third-order valence-corrected chi connectivity index (χ3v) is 4.55. The van der Waals surface area contributed by atoms with Gasteiger partial charge in [0.2, 0.25) is 5.91 Å². The lowest BCUT2D eigenvalue weighted by atomic mass is 10.1. The maximum Gasteiger partial charge on any atom is 0.321 e. The summed E-state index contributed by atoms with van der Waals surface area (Å²) in [5.41, 5.74) is -0.390. The average molecular weight is 353 g/mol. The van der Waals surface area contributed by atoms with Gasteiger partial charge in [-0.1, -0.05) is 25.6 Å². The van der Waals surface area contributed by atoms with Crippen LogP contribution in [0, 0.1) is 0 Å². The lowest BCUT2D eigenvalue weighted by Crippen LogP contribution is -2.49. The number of amides is 3. The lowest BCUT2D eigenvalue weighted by molar-refractivity contribution is -0.119. The molecule has 7 nitrogen and oxygen atoms in total. The predicted octanol–water partition coefficient (Wildman–Crippen LogP) is 2.84. The summed E-state index contributed by atoms with van der Waals surface area (Å²) < 4.78 is 2.15. The fourth-order valence-corrected chi connectivity index (χ4v) is 3.16. The van der Waals surface area contributed by atoms with Crippen molar-refractivity contribution in [3.8, 4) is 0 Å². The quantitative estimate of drug-likeness (QED) is 0.795. The van der Waals surface area contributed by atoms with E-state index in [0.29, 0.717) is 6.04 Å². The standard InChI is InChI=1S/C16H27N5O2S/c1-9(2)12-19-20-15(21(12)11-7-8-11)24-10(3)13(22)17-14(23)18-16(4,5)6/h9-11H,7-8H2,1-6H3,(H2,17,18,22,23). The van der Waals surface area contributed by atoms with Crippen LogP contribution < -0.4 is 10.6 Å². The number of urea groups is 1. The molecule has 1 aliphatic carbocycles. The van der Waals surface area contributed by atoms with Gasteiger partial charge in [-0.05, 0) is 40.5 Å². The van der Waals surface area contributed by atoms with Gasteiger partial charge >= 0.3 is 6.03 Å². The summed E-state index contributed by atoms with van der Waals surface area (Å²) in [4.78, 5) is 24.0. The lowest BCUT2D eigenvalue weighted by Gasteiger charge is -2.21. The van der Waals surface area contributed by atoms with Crippen molar-refractivity contribution in [2.24, 2.45) is 0 Å². The van der Waals surface area contributed by atoms with Crippen molar-refractivity contribution in [1.82, 2.24) is 25.4 Å². The molecule has 8 heteroatoms. The first kappa shape index (κ1) is 18.8.